The number of phenols is 1. The van der Waals surface area contributed by atoms with Crippen molar-refractivity contribution in [2.75, 3.05) is 18.4 Å². The minimum Gasteiger partial charge on any atom is -0.506 e. The van der Waals surface area contributed by atoms with E-state index in [1.807, 2.05) is 20.8 Å². The van der Waals surface area contributed by atoms with E-state index in [-0.39, 0.29) is 17.9 Å². The predicted molar refractivity (Wildman–Crippen MR) is 87.6 cm³/mol. The molecule has 22 heavy (non-hydrogen) atoms. The summed E-state index contributed by atoms with van der Waals surface area (Å²) in [6.45, 7) is 6.89. The molecule has 1 unspecified atom stereocenters. The Morgan fingerprint density at radius 3 is 2.82 bits per heavy atom. The highest BCUT2D eigenvalue weighted by Crippen LogP contribution is 2.27. The highest BCUT2D eigenvalue weighted by atomic mass is 35.5. The largest absolute Gasteiger partial charge is 0.506 e. The van der Waals surface area contributed by atoms with Crippen molar-refractivity contribution in [2.24, 2.45) is 0 Å². The molecule has 122 valence electrons. The fourth-order valence-electron chi connectivity index (χ4n) is 2.42. The second-order valence-electron chi connectivity index (χ2n) is 6.58. The van der Waals surface area contributed by atoms with E-state index in [9.17, 15) is 9.90 Å². The normalized spacial score (nSPS) is 18.9. The van der Waals surface area contributed by atoms with E-state index in [2.05, 4.69) is 5.32 Å². The number of halogens is 1. The number of likely N-dealkylation sites (tertiary alicyclic amines) is 1. The number of rotatable bonds is 2. The maximum absolute atomic E-state index is 12.1. The number of amides is 1. The van der Waals surface area contributed by atoms with Crippen molar-refractivity contribution in [3.05, 3.63) is 23.2 Å². The van der Waals surface area contributed by atoms with Gasteiger partial charge in [0.15, 0.2) is 0 Å². The van der Waals surface area contributed by atoms with Gasteiger partial charge in [0.2, 0.25) is 0 Å². The number of phenolic OH excluding ortho intramolecular Hbond substituents is 1. The molecule has 2 rings (SSSR count). The summed E-state index contributed by atoms with van der Waals surface area (Å²) in [7, 11) is 0. The molecule has 1 aromatic carbocycles. The summed E-state index contributed by atoms with van der Waals surface area (Å²) in [4.78, 5) is 13.9. The van der Waals surface area contributed by atoms with Gasteiger partial charge in [-0.05, 0) is 51.8 Å². The molecule has 1 fully saturated rings. The number of aromatic hydroxyl groups is 1. The van der Waals surface area contributed by atoms with Gasteiger partial charge >= 0.3 is 6.09 Å². The molecule has 1 heterocycles. The van der Waals surface area contributed by atoms with E-state index in [4.69, 9.17) is 16.3 Å². The van der Waals surface area contributed by atoms with Crippen LogP contribution in [0.5, 0.6) is 5.75 Å². The SMILES string of the molecule is CC(C)(C)OC(=O)N1CCCC(Nc2ccc(O)c(Cl)c2)C1. The van der Waals surface area contributed by atoms with Gasteiger partial charge in [0.1, 0.15) is 11.4 Å². The first-order valence-electron chi connectivity index (χ1n) is 7.47. The monoisotopic (exact) mass is 326 g/mol. The fourth-order valence-corrected chi connectivity index (χ4v) is 2.60. The van der Waals surface area contributed by atoms with Gasteiger partial charge in [0.25, 0.3) is 0 Å². The van der Waals surface area contributed by atoms with Crippen LogP contribution in [0.15, 0.2) is 18.2 Å². The minimum absolute atomic E-state index is 0.0613. The zero-order valence-corrected chi connectivity index (χ0v) is 14.0. The van der Waals surface area contributed by atoms with Crippen LogP contribution in [0.1, 0.15) is 33.6 Å². The lowest BCUT2D eigenvalue weighted by Gasteiger charge is -2.34. The summed E-state index contributed by atoms with van der Waals surface area (Å²) < 4.78 is 5.42. The number of carbonyl (C=O) groups excluding carboxylic acids is 1. The van der Waals surface area contributed by atoms with Crippen LogP contribution in [0.3, 0.4) is 0 Å². The van der Waals surface area contributed by atoms with Gasteiger partial charge in [-0.3, -0.25) is 0 Å². The molecule has 5 nitrogen and oxygen atoms in total. The first kappa shape index (κ1) is 16.7. The zero-order chi connectivity index (χ0) is 16.3. The molecule has 2 N–H and O–H groups in total. The van der Waals surface area contributed by atoms with Gasteiger partial charge in [0.05, 0.1) is 5.02 Å². The van der Waals surface area contributed by atoms with Gasteiger partial charge < -0.3 is 20.1 Å². The Balaban J connectivity index is 1.95. The number of anilines is 1. The molecular weight excluding hydrogens is 304 g/mol. The molecule has 0 radical (unpaired) electrons. The predicted octanol–water partition coefficient (Wildman–Crippen LogP) is 3.86. The van der Waals surface area contributed by atoms with Crippen LogP contribution in [0.4, 0.5) is 10.5 Å². The van der Waals surface area contributed by atoms with Crippen molar-refractivity contribution in [3.63, 3.8) is 0 Å². The molecule has 1 atom stereocenters. The van der Waals surface area contributed by atoms with E-state index >= 15 is 0 Å². The van der Waals surface area contributed by atoms with Gasteiger partial charge in [-0.2, -0.15) is 0 Å². The van der Waals surface area contributed by atoms with Gasteiger partial charge in [0, 0.05) is 24.8 Å². The molecule has 0 aromatic heterocycles. The number of carbonyl (C=O) groups is 1. The number of ether oxygens (including phenoxy) is 1. The average molecular weight is 327 g/mol. The van der Waals surface area contributed by atoms with Crippen LogP contribution in [0.2, 0.25) is 5.02 Å². The number of nitrogens with one attached hydrogen (secondary N) is 1. The summed E-state index contributed by atoms with van der Waals surface area (Å²) >= 11 is 5.91. The number of hydrogen-bond acceptors (Lipinski definition) is 4. The van der Waals surface area contributed by atoms with E-state index < -0.39 is 5.60 Å². The van der Waals surface area contributed by atoms with E-state index in [1.165, 1.54) is 0 Å². The summed E-state index contributed by atoms with van der Waals surface area (Å²) in [6.07, 6.45) is 1.61. The number of nitrogens with zero attached hydrogens (tertiary/aromatic N) is 1. The number of piperidine rings is 1. The molecule has 6 heteroatoms. The van der Waals surface area contributed by atoms with Crippen LogP contribution in [-0.2, 0) is 4.74 Å². The Hall–Kier alpha value is -1.62. The second-order valence-corrected chi connectivity index (χ2v) is 6.98. The van der Waals surface area contributed by atoms with Crippen LogP contribution in [0, 0.1) is 0 Å². The smallest absolute Gasteiger partial charge is 0.410 e. The molecule has 1 aromatic rings. The van der Waals surface area contributed by atoms with Crippen molar-refractivity contribution < 1.29 is 14.6 Å². The Labute approximate surface area is 136 Å². The van der Waals surface area contributed by atoms with Crippen LogP contribution in [-0.4, -0.2) is 40.8 Å². The molecule has 0 bridgehead atoms. The second kappa shape index (κ2) is 6.65. The molecule has 0 spiro atoms. The zero-order valence-electron chi connectivity index (χ0n) is 13.2. The third-order valence-corrected chi connectivity index (χ3v) is 3.69. The third kappa shape index (κ3) is 4.70. The highest BCUT2D eigenvalue weighted by Gasteiger charge is 2.27. The Morgan fingerprint density at radius 1 is 1.45 bits per heavy atom. The lowest BCUT2D eigenvalue weighted by molar-refractivity contribution is 0.0206. The van der Waals surface area contributed by atoms with Gasteiger partial charge in [-0.15, -0.1) is 0 Å². The quantitative estimate of drug-likeness (QED) is 0.810. The third-order valence-electron chi connectivity index (χ3n) is 3.39. The lowest BCUT2D eigenvalue weighted by atomic mass is 10.1. The van der Waals surface area contributed by atoms with Crippen molar-refractivity contribution in [3.8, 4) is 5.75 Å². The fraction of sp³-hybridized carbons (Fsp3) is 0.562. The van der Waals surface area contributed by atoms with Crippen LogP contribution in [0.25, 0.3) is 0 Å². The van der Waals surface area contributed by atoms with Crippen LogP contribution < -0.4 is 5.32 Å². The topological polar surface area (TPSA) is 61.8 Å². The van der Waals surface area contributed by atoms with Crippen molar-refractivity contribution in [2.45, 2.75) is 45.3 Å². The van der Waals surface area contributed by atoms with Gasteiger partial charge in [-0.1, -0.05) is 11.6 Å². The van der Waals surface area contributed by atoms with Crippen molar-refractivity contribution in [1.29, 1.82) is 0 Å². The molecule has 1 aliphatic heterocycles. The Bertz CT molecular complexity index is 543. The Morgan fingerprint density at radius 2 is 2.18 bits per heavy atom. The van der Waals surface area contributed by atoms with Crippen LogP contribution >= 0.6 is 11.6 Å². The first-order valence-corrected chi connectivity index (χ1v) is 7.85. The van der Waals surface area contributed by atoms with Gasteiger partial charge in [-0.25, -0.2) is 4.79 Å². The standard InChI is InChI=1S/C16H23ClN2O3/c1-16(2,3)22-15(21)19-8-4-5-12(10-19)18-11-6-7-14(20)13(17)9-11/h6-7,9,12,18,20H,4-5,8,10H2,1-3H3. The number of hydrogen-bond donors (Lipinski definition) is 2. The highest BCUT2D eigenvalue weighted by molar-refractivity contribution is 6.32. The molecule has 0 aliphatic carbocycles. The summed E-state index contributed by atoms with van der Waals surface area (Å²) in [5.41, 5.74) is 0.348. The average Bonchev–Trinajstić information content (AvgIpc) is 2.41. The molecular formula is C16H23ClN2O3. The lowest BCUT2D eigenvalue weighted by Crippen LogP contribution is -2.46. The molecule has 1 saturated heterocycles. The maximum atomic E-state index is 12.1. The van der Waals surface area contributed by atoms with E-state index in [0.29, 0.717) is 18.1 Å². The summed E-state index contributed by atoms with van der Waals surface area (Å²) in [5.74, 6) is 0.0613. The molecule has 1 aliphatic rings. The molecule has 1 amide bonds. The maximum Gasteiger partial charge on any atom is 0.410 e. The first-order chi connectivity index (χ1) is 10.2. The van der Waals surface area contributed by atoms with E-state index in [0.717, 1.165) is 18.5 Å². The Kier molecular flexibility index (Phi) is 5.06. The number of benzene rings is 1. The molecule has 0 saturated carbocycles. The summed E-state index contributed by atoms with van der Waals surface area (Å²) in [5, 5.41) is 13.1. The summed E-state index contributed by atoms with van der Waals surface area (Å²) in [6, 6.07) is 5.15. The van der Waals surface area contributed by atoms with E-state index in [1.54, 1.807) is 23.1 Å². The van der Waals surface area contributed by atoms with Crippen molar-refractivity contribution >= 4 is 23.4 Å². The minimum atomic E-state index is -0.484. The van der Waals surface area contributed by atoms with Crippen molar-refractivity contribution in [1.82, 2.24) is 4.90 Å².